The van der Waals surface area contributed by atoms with E-state index in [4.69, 9.17) is 0 Å². The molecule has 100 valence electrons. The van der Waals surface area contributed by atoms with Crippen LogP contribution >= 0.6 is 0 Å². The number of aromatic nitrogens is 3. The van der Waals surface area contributed by atoms with Crippen molar-refractivity contribution in [3.63, 3.8) is 0 Å². The van der Waals surface area contributed by atoms with Gasteiger partial charge < -0.3 is 10.6 Å². The Kier molecular flexibility index (Phi) is 3.96. The predicted molar refractivity (Wildman–Crippen MR) is 67.7 cm³/mol. The lowest BCUT2D eigenvalue weighted by Gasteiger charge is -2.27. The predicted octanol–water partition coefficient (Wildman–Crippen LogP) is 0.354. The minimum absolute atomic E-state index is 0.0781. The molecule has 6 nitrogen and oxygen atoms in total. The fourth-order valence-corrected chi connectivity index (χ4v) is 2.55. The summed E-state index contributed by atoms with van der Waals surface area (Å²) in [5, 5.41) is 10.4. The minimum Gasteiger partial charge on any atom is -0.347 e. The van der Waals surface area contributed by atoms with Crippen LogP contribution in [0.25, 0.3) is 0 Å². The van der Waals surface area contributed by atoms with E-state index in [-0.39, 0.29) is 11.4 Å². The first-order chi connectivity index (χ1) is 8.66. The largest absolute Gasteiger partial charge is 0.347 e. The lowest BCUT2D eigenvalue weighted by atomic mass is 9.91. The van der Waals surface area contributed by atoms with Gasteiger partial charge in [-0.1, -0.05) is 13.3 Å². The van der Waals surface area contributed by atoms with Crippen molar-refractivity contribution in [1.29, 1.82) is 0 Å². The molecule has 18 heavy (non-hydrogen) atoms. The Labute approximate surface area is 107 Å². The fourth-order valence-electron chi connectivity index (χ4n) is 2.55. The van der Waals surface area contributed by atoms with Crippen LogP contribution in [-0.4, -0.2) is 32.8 Å². The maximum Gasteiger partial charge on any atom is 0.240 e. The topological polar surface area (TPSA) is 71.8 Å². The van der Waals surface area contributed by atoms with E-state index in [9.17, 15) is 4.79 Å². The van der Waals surface area contributed by atoms with E-state index in [1.807, 2.05) is 7.05 Å². The molecule has 1 aromatic heterocycles. The molecule has 2 heterocycles. The van der Waals surface area contributed by atoms with Crippen molar-refractivity contribution >= 4 is 5.91 Å². The van der Waals surface area contributed by atoms with Crippen LogP contribution in [0.5, 0.6) is 0 Å². The van der Waals surface area contributed by atoms with Crippen LogP contribution in [0.3, 0.4) is 0 Å². The van der Waals surface area contributed by atoms with Crippen LogP contribution < -0.4 is 10.6 Å². The third-order valence-corrected chi connectivity index (χ3v) is 3.41. The molecule has 0 bridgehead atoms. The summed E-state index contributed by atoms with van der Waals surface area (Å²) in [6.07, 6.45) is 5.51. The number of hydrogen-bond donors (Lipinski definition) is 2. The summed E-state index contributed by atoms with van der Waals surface area (Å²) in [6.45, 7) is 3.43. The number of carbonyl (C=O) groups is 1. The van der Waals surface area contributed by atoms with Gasteiger partial charge in [-0.15, -0.1) is 0 Å². The Bertz CT molecular complexity index is 408. The van der Waals surface area contributed by atoms with Gasteiger partial charge in [0.05, 0.1) is 12.1 Å². The van der Waals surface area contributed by atoms with Crippen molar-refractivity contribution in [1.82, 2.24) is 25.4 Å². The molecule has 1 fully saturated rings. The molecule has 1 atom stereocenters. The van der Waals surface area contributed by atoms with Crippen molar-refractivity contribution in [2.45, 2.75) is 44.7 Å². The lowest BCUT2D eigenvalue weighted by Crippen LogP contribution is -2.53. The van der Waals surface area contributed by atoms with E-state index in [0.717, 1.165) is 32.2 Å². The highest BCUT2D eigenvalue weighted by Gasteiger charge is 2.39. The highest BCUT2D eigenvalue weighted by molar-refractivity contribution is 5.86. The number of rotatable bonds is 5. The maximum atomic E-state index is 12.3. The van der Waals surface area contributed by atoms with Gasteiger partial charge in [-0.3, -0.25) is 9.48 Å². The molecular weight excluding hydrogens is 230 g/mol. The highest BCUT2D eigenvalue weighted by atomic mass is 16.2. The second-order valence-corrected chi connectivity index (χ2v) is 4.88. The fraction of sp³-hybridized carbons (Fsp3) is 0.750. The standard InChI is InChI=1S/C12H21N5O/c1-3-5-12(6-4-7-15-12)11(18)13-8-10-14-9-17(2)16-10/h9,15H,3-8H2,1-2H3,(H,13,18). The number of carbonyl (C=O) groups excluding carboxylic acids is 1. The molecule has 1 saturated heterocycles. The van der Waals surface area contributed by atoms with E-state index < -0.39 is 0 Å². The van der Waals surface area contributed by atoms with Gasteiger partial charge in [0, 0.05) is 7.05 Å². The van der Waals surface area contributed by atoms with Gasteiger partial charge >= 0.3 is 0 Å². The first kappa shape index (κ1) is 13.0. The number of aryl methyl sites for hydroxylation is 1. The first-order valence-electron chi connectivity index (χ1n) is 6.54. The molecule has 1 aliphatic heterocycles. The highest BCUT2D eigenvalue weighted by Crippen LogP contribution is 2.24. The summed E-state index contributed by atoms with van der Waals surface area (Å²) in [7, 11) is 1.81. The average Bonchev–Trinajstić information content (AvgIpc) is 2.97. The molecule has 0 radical (unpaired) electrons. The Hall–Kier alpha value is -1.43. The lowest BCUT2D eigenvalue weighted by molar-refractivity contribution is -0.127. The van der Waals surface area contributed by atoms with Gasteiger partial charge in [0.25, 0.3) is 0 Å². The van der Waals surface area contributed by atoms with E-state index >= 15 is 0 Å². The summed E-state index contributed by atoms with van der Waals surface area (Å²) < 4.78 is 1.64. The van der Waals surface area contributed by atoms with Crippen LogP contribution in [0.15, 0.2) is 6.33 Å². The van der Waals surface area contributed by atoms with Crippen LogP contribution in [-0.2, 0) is 18.4 Å². The quantitative estimate of drug-likeness (QED) is 0.792. The van der Waals surface area contributed by atoms with Gasteiger partial charge in [0.1, 0.15) is 6.33 Å². The minimum atomic E-state index is -0.371. The molecule has 2 rings (SSSR count). The number of hydrogen-bond acceptors (Lipinski definition) is 4. The van der Waals surface area contributed by atoms with E-state index in [1.165, 1.54) is 0 Å². The molecule has 1 aromatic rings. The van der Waals surface area contributed by atoms with Crippen LogP contribution in [0.4, 0.5) is 0 Å². The zero-order valence-corrected chi connectivity index (χ0v) is 11.1. The second kappa shape index (κ2) is 5.48. The van der Waals surface area contributed by atoms with Crippen LogP contribution in [0, 0.1) is 0 Å². The number of nitrogens with one attached hydrogen (secondary N) is 2. The first-order valence-corrected chi connectivity index (χ1v) is 6.54. The number of amides is 1. The SMILES string of the molecule is CCCC1(C(=O)NCc2ncn(C)n2)CCCN1. The van der Waals surface area contributed by atoms with Crippen molar-refractivity contribution in [3.05, 3.63) is 12.2 Å². The normalized spacial score (nSPS) is 23.2. The van der Waals surface area contributed by atoms with Gasteiger partial charge in [-0.25, -0.2) is 4.98 Å². The second-order valence-electron chi connectivity index (χ2n) is 4.88. The Morgan fingerprint density at radius 1 is 1.67 bits per heavy atom. The Morgan fingerprint density at radius 2 is 2.50 bits per heavy atom. The van der Waals surface area contributed by atoms with Crippen molar-refractivity contribution in [2.24, 2.45) is 7.05 Å². The molecule has 0 spiro atoms. The monoisotopic (exact) mass is 251 g/mol. The summed E-state index contributed by atoms with van der Waals surface area (Å²) in [5.74, 6) is 0.727. The zero-order valence-electron chi connectivity index (χ0n) is 11.1. The zero-order chi connectivity index (χ0) is 13.0. The van der Waals surface area contributed by atoms with Crippen molar-refractivity contribution in [2.75, 3.05) is 6.54 Å². The van der Waals surface area contributed by atoms with E-state index in [2.05, 4.69) is 27.6 Å². The molecule has 1 unspecified atom stereocenters. The molecule has 0 aromatic carbocycles. The van der Waals surface area contributed by atoms with Crippen molar-refractivity contribution < 1.29 is 4.79 Å². The van der Waals surface area contributed by atoms with Gasteiger partial charge in [0.2, 0.25) is 5.91 Å². The summed E-state index contributed by atoms with van der Waals surface area (Å²) in [6, 6.07) is 0. The average molecular weight is 251 g/mol. The summed E-state index contributed by atoms with van der Waals surface area (Å²) in [5.41, 5.74) is -0.371. The van der Waals surface area contributed by atoms with Gasteiger partial charge in [-0.05, 0) is 25.8 Å². The molecule has 1 aliphatic rings. The maximum absolute atomic E-state index is 12.3. The van der Waals surface area contributed by atoms with E-state index in [0.29, 0.717) is 12.4 Å². The van der Waals surface area contributed by atoms with Crippen molar-refractivity contribution in [3.8, 4) is 0 Å². The summed E-state index contributed by atoms with van der Waals surface area (Å²) >= 11 is 0. The molecule has 0 aliphatic carbocycles. The molecular formula is C12H21N5O. The Balaban J connectivity index is 1.93. The van der Waals surface area contributed by atoms with Crippen LogP contribution in [0.2, 0.25) is 0 Å². The Morgan fingerprint density at radius 3 is 3.06 bits per heavy atom. The van der Waals surface area contributed by atoms with Gasteiger partial charge in [0.15, 0.2) is 5.82 Å². The van der Waals surface area contributed by atoms with Crippen LogP contribution in [0.1, 0.15) is 38.4 Å². The van der Waals surface area contributed by atoms with E-state index in [1.54, 1.807) is 11.0 Å². The number of nitrogens with zero attached hydrogens (tertiary/aromatic N) is 3. The smallest absolute Gasteiger partial charge is 0.240 e. The summed E-state index contributed by atoms with van der Waals surface area (Å²) in [4.78, 5) is 16.4. The third kappa shape index (κ3) is 2.69. The van der Waals surface area contributed by atoms with Gasteiger partial charge in [-0.2, -0.15) is 5.10 Å². The molecule has 6 heteroatoms. The molecule has 0 saturated carbocycles. The third-order valence-electron chi connectivity index (χ3n) is 3.41. The molecule has 2 N–H and O–H groups in total. The molecule has 1 amide bonds.